The van der Waals surface area contributed by atoms with Crippen LogP contribution in [0.25, 0.3) is 11.3 Å². The Kier molecular flexibility index (Phi) is 6.57. The molecule has 0 fully saturated rings. The number of aromatic nitrogens is 1. The Morgan fingerprint density at radius 3 is 2.87 bits per heavy atom. The number of rotatable bonds is 7. The van der Waals surface area contributed by atoms with Gasteiger partial charge in [-0.05, 0) is 35.6 Å². The molecule has 1 N–H and O–H groups in total. The van der Waals surface area contributed by atoms with Gasteiger partial charge in [0.1, 0.15) is 5.75 Å². The molecule has 0 spiro atoms. The minimum Gasteiger partial charge on any atom is -0.434 e. The zero-order valence-corrected chi connectivity index (χ0v) is 18.0. The van der Waals surface area contributed by atoms with Crippen molar-refractivity contribution in [1.82, 2.24) is 9.88 Å². The van der Waals surface area contributed by atoms with Crippen molar-refractivity contribution in [2.45, 2.75) is 32.4 Å². The quantitative estimate of drug-likeness (QED) is 0.548. The smallest absolute Gasteiger partial charge is 0.387 e. The molecule has 0 saturated carbocycles. The average Bonchev–Trinajstić information content (AvgIpc) is 3.41. The Hall–Kier alpha value is -2.85. The van der Waals surface area contributed by atoms with Gasteiger partial charge in [0.15, 0.2) is 5.13 Å². The summed E-state index contributed by atoms with van der Waals surface area (Å²) in [5.41, 5.74) is 2.01. The van der Waals surface area contributed by atoms with E-state index in [9.17, 15) is 18.4 Å². The van der Waals surface area contributed by atoms with Gasteiger partial charge in [0.25, 0.3) is 0 Å². The van der Waals surface area contributed by atoms with Crippen LogP contribution in [0, 0.1) is 0 Å². The van der Waals surface area contributed by atoms with Crippen LogP contribution in [0.2, 0.25) is 0 Å². The van der Waals surface area contributed by atoms with E-state index in [0.29, 0.717) is 29.5 Å². The first-order valence-corrected chi connectivity index (χ1v) is 11.4. The molecular weight excluding hydrogens is 444 g/mol. The highest BCUT2D eigenvalue weighted by molar-refractivity contribution is 7.14. The number of nitrogens with one attached hydrogen (secondary N) is 1. The van der Waals surface area contributed by atoms with Gasteiger partial charge in [-0.2, -0.15) is 8.78 Å². The van der Waals surface area contributed by atoms with Gasteiger partial charge in [-0.25, -0.2) is 4.98 Å². The highest BCUT2D eigenvalue weighted by atomic mass is 32.1. The van der Waals surface area contributed by atoms with Gasteiger partial charge in [0.2, 0.25) is 11.8 Å². The summed E-state index contributed by atoms with van der Waals surface area (Å²) in [6.07, 6.45) is 1.02. The number of amides is 2. The number of para-hydroxylation sites is 1. The molecule has 10 heteroatoms. The molecule has 6 nitrogen and oxygen atoms in total. The lowest BCUT2D eigenvalue weighted by atomic mass is 10.1. The Morgan fingerprint density at radius 2 is 2.03 bits per heavy atom. The van der Waals surface area contributed by atoms with Crippen LogP contribution in [0.1, 0.15) is 23.3 Å². The van der Waals surface area contributed by atoms with E-state index in [4.69, 9.17) is 0 Å². The number of anilines is 1. The van der Waals surface area contributed by atoms with Crippen LogP contribution in [0.15, 0.2) is 41.1 Å². The van der Waals surface area contributed by atoms with Crippen molar-refractivity contribution in [3.05, 3.63) is 51.5 Å². The Labute approximate surface area is 185 Å². The number of nitrogens with zero attached hydrogens (tertiary/aromatic N) is 2. The number of thiophene rings is 1. The maximum Gasteiger partial charge on any atom is 0.387 e. The first kappa shape index (κ1) is 21.4. The molecule has 0 aliphatic carbocycles. The van der Waals surface area contributed by atoms with Crippen molar-refractivity contribution in [2.24, 2.45) is 0 Å². The summed E-state index contributed by atoms with van der Waals surface area (Å²) in [5.74, 6) is -0.355. The van der Waals surface area contributed by atoms with Crippen LogP contribution in [0.3, 0.4) is 0 Å². The summed E-state index contributed by atoms with van der Waals surface area (Å²) < 4.78 is 29.7. The second-order valence-electron chi connectivity index (χ2n) is 6.90. The van der Waals surface area contributed by atoms with E-state index in [1.165, 1.54) is 27.8 Å². The van der Waals surface area contributed by atoms with Gasteiger partial charge >= 0.3 is 6.61 Å². The lowest BCUT2D eigenvalue weighted by Gasteiger charge is -2.27. The number of thiazole rings is 1. The number of fused-ring (bicyclic) bond motifs is 1. The fraction of sp³-hybridized carbons (Fsp3) is 0.286. The van der Waals surface area contributed by atoms with E-state index in [0.717, 1.165) is 6.42 Å². The molecule has 1 aliphatic heterocycles. The predicted octanol–water partition coefficient (Wildman–Crippen LogP) is 4.78. The van der Waals surface area contributed by atoms with E-state index < -0.39 is 6.61 Å². The summed E-state index contributed by atoms with van der Waals surface area (Å²) in [7, 11) is 0. The molecular formula is C21H19F2N3O3S2. The molecule has 1 aliphatic rings. The lowest BCUT2D eigenvalue weighted by molar-refractivity contribution is -0.133. The molecule has 4 rings (SSSR count). The van der Waals surface area contributed by atoms with Gasteiger partial charge < -0.3 is 15.0 Å². The fourth-order valence-electron chi connectivity index (χ4n) is 3.35. The number of hydrogen-bond acceptors (Lipinski definition) is 6. The highest BCUT2D eigenvalue weighted by Gasteiger charge is 2.22. The number of ether oxygens (including phenoxy) is 1. The standard InChI is InChI=1S/C21H19F2N3O3S2/c22-20(23)29-16-4-2-1-3-14(16)15-12-31-21(24-15)25-18(27)5-6-19(28)26-9-7-17-13(11-26)8-10-30-17/h1-4,8,10,12,20H,5-7,9,11H2,(H,24,25,27). The van der Waals surface area contributed by atoms with E-state index in [2.05, 4.69) is 15.0 Å². The third kappa shape index (κ3) is 5.26. The Bertz CT molecular complexity index is 1080. The Balaban J connectivity index is 1.31. The summed E-state index contributed by atoms with van der Waals surface area (Å²) in [6, 6.07) is 8.38. The molecule has 162 valence electrons. The average molecular weight is 464 g/mol. The second-order valence-corrected chi connectivity index (χ2v) is 8.75. The molecule has 1 aromatic carbocycles. The normalized spacial score (nSPS) is 13.2. The minimum absolute atomic E-state index is 0.0154. The van der Waals surface area contributed by atoms with Crippen LogP contribution < -0.4 is 10.1 Å². The van der Waals surface area contributed by atoms with Gasteiger partial charge in [-0.3, -0.25) is 9.59 Å². The summed E-state index contributed by atoms with van der Waals surface area (Å²) >= 11 is 2.89. The molecule has 3 heterocycles. The van der Waals surface area contributed by atoms with Crippen molar-refractivity contribution >= 4 is 39.6 Å². The largest absolute Gasteiger partial charge is 0.434 e. The molecule has 0 radical (unpaired) electrons. The SMILES string of the molecule is O=C(CCC(=O)N1CCc2sccc2C1)Nc1nc(-c2ccccc2OC(F)F)cs1. The Morgan fingerprint density at radius 1 is 1.19 bits per heavy atom. The third-order valence-corrected chi connectivity index (χ3v) is 6.64. The molecule has 31 heavy (non-hydrogen) atoms. The van der Waals surface area contributed by atoms with Gasteiger partial charge in [0.05, 0.1) is 5.69 Å². The zero-order chi connectivity index (χ0) is 21.8. The molecule has 3 aromatic rings. The molecule has 2 amide bonds. The molecule has 0 atom stereocenters. The molecule has 0 saturated heterocycles. The maximum atomic E-state index is 12.6. The van der Waals surface area contributed by atoms with Crippen molar-refractivity contribution in [3.8, 4) is 17.0 Å². The molecule has 0 bridgehead atoms. The zero-order valence-electron chi connectivity index (χ0n) is 16.3. The van der Waals surface area contributed by atoms with Gasteiger partial charge in [-0.15, -0.1) is 22.7 Å². The number of benzene rings is 1. The maximum absolute atomic E-state index is 12.6. The fourth-order valence-corrected chi connectivity index (χ4v) is 4.97. The number of hydrogen-bond donors (Lipinski definition) is 1. The van der Waals surface area contributed by atoms with Crippen LogP contribution in [-0.4, -0.2) is 34.9 Å². The van der Waals surface area contributed by atoms with Gasteiger partial charge in [-0.1, -0.05) is 12.1 Å². The first-order chi connectivity index (χ1) is 15.0. The first-order valence-electron chi connectivity index (χ1n) is 9.62. The van der Waals surface area contributed by atoms with Crippen LogP contribution >= 0.6 is 22.7 Å². The topological polar surface area (TPSA) is 71.5 Å². The van der Waals surface area contributed by atoms with E-state index in [1.807, 2.05) is 11.4 Å². The monoisotopic (exact) mass is 463 g/mol. The number of alkyl halides is 2. The van der Waals surface area contributed by atoms with Crippen molar-refractivity contribution < 1.29 is 23.1 Å². The second kappa shape index (κ2) is 9.52. The van der Waals surface area contributed by atoms with Crippen molar-refractivity contribution in [2.75, 3.05) is 11.9 Å². The third-order valence-electron chi connectivity index (χ3n) is 4.86. The van der Waals surface area contributed by atoms with Crippen LogP contribution in [0.4, 0.5) is 13.9 Å². The lowest BCUT2D eigenvalue weighted by Crippen LogP contribution is -2.35. The predicted molar refractivity (Wildman–Crippen MR) is 115 cm³/mol. The highest BCUT2D eigenvalue weighted by Crippen LogP contribution is 2.33. The van der Waals surface area contributed by atoms with Crippen molar-refractivity contribution in [3.63, 3.8) is 0 Å². The van der Waals surface area contributed by atoms with Crippen LogP contribution in [0.5, 0.6) is 5.75 Å². The molecule has 2 aromatic heterocycles. The summed E-state index contributed by atoms with van der Waals surface area (Å²) in [4.78, 5) is 32.1. The summed E-state index contributed by atoms with van der Waals surface area (Å²) in [5, 5.41) is 6.69. The van der Waals surface area contributed by atoms with E-state index >= 15 is 0 Å². The van der Waals surface area contributed by atoms with E-state index in [-0.39, 0.29) is 30.4 Å². The number of halogens is 2. The van der Waals surface area contributed by atoms with Crippen LogP contribution in [-0.2, 0) is 22.6 Å². The number of carbonyl (C=O) groups excluding carboxylic acids is 2. The van der Waals surface area contributed by atoms with Gasteiger partial charge in [0, 0.05) is 41.8 Å². The summed E-state index contributed by atoms with van der Waals surface area (Å²) in [6.45, 7) is -1.68. The van der Waals surface area contributed by atoms with E-state index in [1.54, 1.807) is 39.8 Å². The van der Waals surface area contributed by atoms with Crippen molar-refractivity contribution in [1.29, 1.82) is 0 Å². The minimum atomic E-state index is -2.94. The number of carbonyl (C=O) groups is 2. The molecule has 0 unspecified atom stereocenters.